The number of benzene rings is 1. The van der Waals surface area contributed by atoms with Gasteiger partial charge in [0.25, 0.3) is 5.91 Å². The van der Waals surface area contributed by atoms with E-state index in [1.54, 1.807) is 15.9 Å². The van der Waals surface area contributed by atoms with Gasteiger partial charge in [-0.15, -0.1) is 11.3 Å². The number of H-pyrrole nitrogens is 1. The van der Waals surface area contributed by atoms with Crippen LogP contribution >= 0.6 is 30.7 Å². The molecule has 4 aliphatic heterocycles. The number of hydrogen-bond acceptors (Lipinski definition) is 15. The molecule has 4 aliphatic rings. The second kappa shape index (κ2) is 20.9. The summed E-state index contributed by atoms with van der Waals surface area (Å²) in [7, 11) is -5.48. The number of aromatic amines is 1. The molecule has 6 heterocycles. The van der Waals surface area contributed by atoms with Crippen molar-refractivity contribution in [3.8, 4) is 6.07 Å². The third-order valence-corrected chi connectivity index (χ3v) is 15.7. The molecule has 0 aliphatic carbocycles. The van der Waals surface area contributed by atoms with E-state index >= 15 is 8.78 Å². The number of hydrogen-bond donors (Lipinski definition) is 2. The number of ether oxygens (including phenoxy) is 3. The van der Waals surface area contributed by atoms with Crippen LogP contribution in [0.3, 0.4) is 0 Å². The molecule has 350 valence electrons. The summed E-state index contributed by atoms with van der Waals surface area (Å²) in [5.74, 6) is -2.29. The summed E-state index contributed by atoms with van der Waals surface area (Å²) in [4.78, 5) is 84.5. The number of thiophene rings is 1. The Balaban J connectivity index is 1.04. The Bertz CT molecular complexity index is 2420. The van der Waals surface area contributed by atoms with E-state index in [4.69, 9.17) is 23.3 Å². The van der Waals surface area contributed by atoms with Crippen LogP contribution in [0.5, 0.6) is 0 Å². The monoisotopic (exact) mass is 961 g/mol. The van der Waals surface area contributed by atoms with Crippen molar-refractivity contribution in [2.24, 2.45) is 11.8 Å². The number of carbonyl (C=O) groups excluding carboxylic acids is 5. The summed E-state index contributed by atoms with van der Waals surface area (Å²) in [5.41, 5.74) is -4.77. The maximum absolute atomic E-state index is 16.4. The van der Waals surface area contributed by atoms with E-state index in [0.29, 0.717) is 42.4 Å². The molecule has 17 nitrogen and oxygen atoms in total. The van der Waals surface area contributed by atoms with Crippen molar-refractivity contribution in [1.29, 1.82) is 5.26 Å². The predicted molar refractivity (Wildman–Crippen MR) is 233 cm³/mol. The number of nitriles is 1. The van der Waals surface area contributed by atoms with Gasteiger partial charge >= 0.3 is 19.4 Å². The minimum atomic E-state index is -5.48. The van der Waals surface area contributed by atoms with Crippen molar-refractivity contribution in [2.75, 3.05) is 45.5 Å². The third-order valence-electron chi connectivity index (χ3n) is 11.8. The van der Waals surface area contributed by atoms with Crippen molar-refractivity contribution in [3.63, 3.8) is 0 Å². The van der Waals surface area contributed by atoms with Gasteiger partial charge in [-0.3, -0.25) is 33.1 Å². The molecule has 4 saturated heterocycles. The molecule has 2 N–H and O–H groups in total. The fourth-order valence-corrected chi connectivity index (χ4v) is 11.8. The minimum Gasteiger partial charge on any atom is -0.426 e. The molecule has 65 heavy (non-hydrogen) atoms. The molecule has 0 bridgehead atoms. The molecular formula is C43H50F2N5O12PS2. The maximum atomic E-state index is 16.4. The number of halogens is 2. The number of thioether (sulfide) groups is 1. The van der Waals surface area contributed by atoms with Gasteiger partial charge in [0.15, 0.2) is 11.2 Å². The lowest BCUT2D eigenvalue weighted by Gasteiger charge is -2.36. The first-order valence-electron chi connectivity index (χ1n) is 21.4. The van der Waals surface area contributed by atoms with Crippen molar-refractivity contribution < 1.29 is 60.6 Å². The molecule has 1 unspecified atom stereocenters. The minimum absolute atomic E-state index is 0.0648. The van der Waals surface area contributed by atoms with E-state index in [-0.39, 0.29) is 83.2 Å². The number of amides is 3. The fourth-order valence-electron chi connectivity index (χ4n) is 8.49. The van der Waals surface area contributed by atoms with E-state index in [1.165, 1.54) is 24.4 Å². The molecule has 2 aromatic heterocycles. The van der Waals surface area contributed by atoms with Crippen LogP contribution < -0.4 is 10.9 Å². The standard InChI is InChI=1S/C43H50F2N5O12PS2/c1-25(2)15-38(52)64-14-13-60-63(57,61-24-59-42(56)62-31-22-58-23-31)43(44,45)29-7-10-35-27(16-29)17-36(65-35)39(53)48-33-6-4-3-5-30-8-9-34(50(30)40(33)54)41(55)49-20-28(19-46)32(21-49)26-11-12-47-37(51)18-26/h7,10-12,16-18,25,28,30-34H,3-6,8-9,13-15,20-24H2,1-2H3,(H,47,51)(H,48,53)/t28-,30-,32+,33-,34-,63?/m0/s1. The smallest absolute Gasteiger partial charge is 0.426 e. The van der Waals surface area contributed by atoms with Gasteiger partial charge in [0.2, 0.25) is 24.2 Å². The van der Waals surface area contributed by atoms with Crippen molar-refractivity contribution in [2.45, 2.75) is 94.6 Å². The first-order valence-corrected chi connectivity index (χ1v) is 24.8. The van der Waals surface area contributed by atoms with Gasteiger partial charge in [-0.25, -0.2) is 4.79 Å². The number of likely N-dealkylation sites (tertiary alicyclic amines) is 1. The highest BCUT2D eigenvalue weighted by Gasteiger charge is 2.56. The number of rotatable bonds is 16. The Labute approximate surface area is 381 Å². The van der Waals surface area contributed by atoms with Crippen LogP contribution in [0, 0.1) is 23.2 Å². The van der Waals surface area contributed by atoms with Crippen LogP contribution in [0.2, 0.25) is 0 Å². The van der Waals surface area contributed by atoms with Crippen molar-refractivity contribution in [3.05, 3.63) is 69.0 Å². The summed E-state index contributed by atoms with van der Waals surface area (Å²) in [6.45, 7) is 2.55. The first kappa shape index (κ1) is 48.2. The number of nitrogens with one attached hydrogen (secondary N) is 2. The number of pyridine rings is 1. The van der Waals surface area contributed by atoms with Gasteiger partial charge in [-0.05, 0) is 66.8 Å². The van der Waals surface area contributed by atoms with Crippen LogP contribution in [0.4, 0.5) is 13.6 Å². The zero-order valence-electron chi connectivity index (χ0n) is 35.7. The Morgan fingerprint density at radius 3 is 2.57 bits per heavy atom. The molecule has 7 rings (SSSR count). The molecule has 4 fully saturated rings. The predicted octanol–water partition coefficient (Wildman–Crippen LogP) is 6.48. The van der Waals surface area contributed by atoms with Crippen LogP contribution in [0.1, 0.15) is 85.5 Å². The molecular weight excluding hydrogens is 912 g/mol. The second-order valence-electron chi connectivity index (χ2n) is 16.8. The van der Waals surface area contributed by atoms with E-state index in [2.05, 4.69) is 16.4 Å². The summed E-state index contributed by atoms with van der Waals surface area (Å²) in [5, 5.41) is 12.8. The normalized spacial score (nSPS) is 23.5. The molecule has 22 heteroatoms. The van der Waals surface area contributed by atoms with Crippen LogP contribution in [0.25, 0.3) is 10.1 Å². The largest absolute Gasteiger partial charge is 0.510 e. The number of fused-ring (bicyclic) bond motifs is 2. The van der Waals surface area contributed by atoms with Gasteiger partial charge in [0.05, 0.1) is 36.7 Å². The average Bonchev–Trinajstić information content (AvgIpc) is 4.00. The quantitative estimate of drug-likeness (QED) is 0.0679. The number of alkyl halides is 2. The SMILES string of the molecule is CC(C)CC(=O)SCCOP(=O)(OCOC(=O)OC1COC1)C(F)(F)c1ccc2sc(C(=O)N[C@H]3CCCC[C@H]4CC[C@@H](C(=O)N5C[C@H](c6cc[nH]c(=O)c6)[C@@H](C#N)C5)N4C3=O)cc2c1. The summed E-state index contributed by atoms with van der Waals surface area (Å²) in [6.07, 6.45) is 3.29. The van der Waals surface area contributed by atoms with Gasteiger partial charge < -0.3 is 38.8 Å². The summed E-state index contributed by atoms with van der Waals surface area (Å²) >= 11 is 1.82. The first-order chi connectivity index (χ1) is 31.1. The van der Waals surface area contributed by atoms with Gasteiger partial charge in [-0.1, -0.05) is 44.5 Å². The van der Waals surface area contributed by atoms with E-state index in [0.717, 1.165) is 41.7 Å². The number of nitrogens with zero attached hydrogens (tertiary/aromatic N) is 3. The zero-order chi connectivity index (χ0) is 46.5. The Hall–Kier alpha value is -4.71. The highest BCUT2D eigenvalue weighted by atomic mass is 32.2. The Morgan fingerprint density at radius 2 is 1.85 bits per heavy atom. The molecule has 3 aromatic rings. The van der Waals surface area contributed by atoms with Crippen molar-refractivity contribution >= 4 is 69.8 Å². The molecule has 1 aromatic carbocycles. The number of carbonyl (C=O) groups is 5. The average molecular weight is 962 g/mol. The van der Waals surface area contributed by atoms with Crippen LogP contribution in [-0.2, 0) is 47.9 Å². The lowest BCUT2D eigenvalue weighted by atomic mass is 9.91. The third kappa shape index (κ3) is 11.1. The molecule has 0 saturated carbocycles. The fraction of sp³-hybridized carbons (Fsp3) is 0.558. The van der Waals surface area contributed by atoms with Crippen LogP contribution in [0.15, 0.2) is 47.4 Å². The highest BCUT2D eigenvalue weighted by molar-refractivity contribution is 8.13. The van der Waals surface area contributed by atoms with Crippen molar-refractivity contribution in [1.82, 2.24) is 20.1 Å². The van der Waals surface area contributed by atoms with Gasteiger partial charge in [0.1, 0.15) is 12.1 Å². The lowest BCUT2D eigenvalue weighted by molar-refractivity contribution is -0.146. The van der Waals surface area contributed by atoms with E-state index in [9.17, 15) is 38.6 Å². The Morgan fingerprint density at radius 1 is 1.06 bits per heavy atom. The van der Waals surface area contributed by atoms with Gasteiger partial charge in [0, 0.05) is 59.7 Å². The molecule has 0 radical (unpaired) electrons. The maximum Gasteiger partial charge on any atom is 0.510 e. The summed E-state index contributed by atoms with van der Waals surface area (Å²) < 4.78 is 71.9. The van der Waals surface area contributed by atoms with Gasteiger partial charge in [-0.2, -0.15) is 14.0 Å². The van der Waals surface area contributed by atoms with E-state index < -0.39 is 74.3 Å². The number of aromatic nitrogens is 1. The lowest BCUT2D eigenvalue weighted by Crippen LogP contribution is -2.56. The highest BCUT2D eigenvalue weighted by Crippen LogP contribution is 2.67. The van der Waals surface area contributed by atoms with E-state index in [1.807, 2.05) is 13.8 Å². The topological polar surface area (TPSA) is 224 Å². The zero-order valence-corrected chi connectivity index (χ0v) is 38.3. The molecule has 0 spiro atoms. The second-order valence-corrected chi connectivity index (χ2v) is 21.2. The van der Waals surface area contributed by atoms with Crippen LogP contribution in [-0.4, -0.2) is 113 Å². The molecule has 3 amide bonds. The summed E-state index contributed by atoms with van der Waals surface area (Å²) in [6, 6.07) is 8.14. The molecule has 6 atom stereocenters. The Kier molecular flexibility index (Phi) is 15.5.